The minimum absolute atomic E-state index is 0.00688. The molecule has 0 spiro atoms. The standard InChI is InChI=1S/C35H34F3N7O3/c36-21-14-35(8-2-10-45(35)17-21)18-47-34-41-32-25-15-39-31(30(32)38)24-13-22(46)12-20-4-6-26(37)23(29(20)24)5-7-28-40-27(43-48-28)11-19-3-1-9-44(16-19)33(25)42-34/h4,6,12-13,15,19,21,46H,1-3,5,7-11,14,16-18H2/t19?,21-,35+/m1/s1. The van der Waals surface area contributed by atoms with E-state index in [1.165, 1.54) is 18.2 Å². The molecular formula is C35H34F3N7O3. The van der Waals surface area contributed by atoms with E-state index in [9.17, 15) is 9.50 Å². The third-order valence-electron chi connectivity index (χ3n) is 10.7. The predicted molar refractivity (Wildman–Crippen MR) is 171 cm³/mol. The van der Waals surface area contributed by atoms with E-state index in [1.807, 2.05) is 0 Å². The Balaban J connectivity index is 1.23. The van der Waals surface area contributed by atoms with Crippen molar-refractivity contribution in [3.05, 3.63) is 59.4 Å². The summed E-state index contributed by atoms with van der Waals surface area (Å²) in [6.07, 6.45) is 5.67. The minimum atomic E-state index is -0.920. The summed E-state index contributed by atoms with van der Waals surface area (Å²) in [5, 5.41) is 16.3. The fourth-order valence-corrected chi connectivity index (χ4v) is 8.48. The molecule has 1 N–H and O–H groups in total. The number of pyridine rings is 1. The first kappa shape index (κ1) is 29.6. The summed E-state index contributed by atoms with van der Waals surface area (Å²) in [5.41, 5.74) is 0.0512. The smallest absolute Gasteiger partial charge is 0.319 e. The number of benzene rings is 2. The summed E-state index contributed by atoms with van der Waals surface area (Å²) < 4.78 is 59.0. The maximum absolute atomic E-state index is 17.0. The van der Waals surface area contributed by atoms with Crippen molar-refractivity contribution in [2.45, 2.75) is 63.1 Å². The average molecular weight is 658 g/mol. The van der Waals surface area contributed by atoms with Gasteiger partial charge in [-0.1, -0.05) is 11.2 Å². The Hall–Kier alpha value is -4.52. The van der Waals surface area contributed by atoms with Crippen LogP contribution < -0.4 is 9.64 Å². The van der Waals surface area contributed by atoms with Gasteiger partial charge in [0.05, 0.1) is 10.9 Å². The van der Waals surface area contributed by atoms with Gasteiger partial charge in [-0.2, -0.15) is 15.0 Å². The maximum atomic E-state index is 17.0. The summed E-state index contributed by atoms with van der Waals surface area (Å²) >= 11 is 0. The third kappa shape index (κ3) is 4.92. The van der Waals surface area contributed by atoms with Gasteiger partial charge in [0.2, 0.25) is 5.89 Å². The SMILES string of the molecule is Oc1cc2c3c(c(F)ccc3c1)CCc1nc(no1)CC1CCCN(C1)c1nc(OC[C@@]34CCCN3C[C@H](F)C4)nc3c(F)c-2ncc13. The molecule has 2 aromatic carbocycles. The van der Waals surface area contributed by atoms with Gasteiger partial charge in [0.25, 0.3) is 0 Å². The van der Waals surface area contributed by atoms with Crippen LogP contribution in [0.1, 0.15) is 49.4 Å². The number of phenols is 1. The van der Waals surface area contributed by atoms with Crippen molar-refractivity contribution in [2.75, 3.05) is 37.7 Å². The second kappa shape index (κ2) is 11.3. The number of aromatic nitrogens is 5. The molecule has 10 rings (SSSR count). The summed E-state index contributed by atoms with van der Waals surface area (Å²) in [4.78, 5) is 22.9. The number of aromatic hydroxyl groups is 1. The van der Waals surface area contributed by atoms with Crippen LogP contribution in [0, 0.1) is 17.6 Å². The Labute approximate surface area is 273 Å². The number of phenolic OH excluding ortho intramolecular Hbond substituents is 1. The zero-order valence-corrected chi connectivity index (χ0v) is 26.3. The van der Waals surface area contributed by atoms with Crippen LogP contribution in [0.2, 0.25) is 0 Å². The molecule has 8 bridgehead atoms. The molecule has 248 valence electrons. The molecule has 3 atom stereocenters. The minimum Gasteiger partial charge on any atom is -0.508 e. The Kier molecular flexibility index (Phi) is 6.96. The Morgan fingerprint density at radius 3 is 2.90 bits per heavy atom. The zero-order valence-electron chi connectivity index (χ0n) is 26.3. The number of rotatable bonds is 3. The van der Waals surface area contributed by atoms with Crippen LogP contribution >= 0.6 is 0 Å². The van der Waals surface area contributed by atoms with Crippen molar-refractivity contribution < 1.29 is 27.5 Å². The maximum Gasteiger partial charge on any atom is 0.319 e. The summed E-state index contributed by atoms with van der Waals surface area (Å²) in [7, 11) is 0. The van der Waals surface area contributed by atoms with Crippen LogP contribution in [0.5, 0.6) is 11.8 Å². The molecule has 0 saturated carbocycles. The molecule has 5 aliphatic heterocycles. The van der Waals surface area contributed by atoms with Gasteiger partial charge in [0, 0.05) is 50.7 Å². The molecule has 5 aliphatic rings. The van der Waals surface area contributed by atoms with Gasteiger partial charge in [-0.3, -0.25) is 9.88 Å². The Bertz CT molecular complexity index is 2080. The van der Waals surface area contributed by atoms with Gasteiger partial charge >= 0.3 is 6.01 Å². The molecule has 8 heterocycles. The Morgan fingerprint density at radius 2 is 1.98 bits per heavy atom. The lowest BCUT2D eigenvalue weighted by molar-refractivity contribution is 0.107. The highest BCUT2D eigenvalue weighted by molar-refractivity contribution is 6.01. The Morgan fingerprint density at radius 1 is 1.06 bits per heavy atom. The fraction of sp³-hybridized carbons (Fsp3) is 0.457. The molecular weight excluding hydrogens is 623 g/mol. The average Bonchev–Trinajstić information content (AvgIpc) is 3.77. The van der Waals surface area contributed by atoms with Crippen LogP contribution in [0.4, 0.5) is 19.0 Å². The van der Waals surface area contributed by atoms with Crippen molar-refractivity contribution in [1.29, 1.82) is 0 Å². The summed E-state index contributed by atoms with van der Waals surface area (Å²) in [6.45, 7) is 2.69. The van der Waals surface area contributed by atoms with Gasteiger partial charge < -0.3 is 19.3 Å². The quantitative estimate of drug-likeness (QED) is 0.258. The van der Waals surface area contributed by atoms with Gasteiger partial charge in [-0.15, -0.1) is 0 Å². The highest BCUT2D eigenvalue weighted by atomic mass is 19.1. The topological polar surface area (TPSA) is 114 Å². The number of halogens is 3. The fourth-order valence-electron chi connectivity index (χ4n) is 8.48. The number of ether oxygens (including phenoxy) is 1. The molecule has 0 aliphatic carbocycles. The van der Waals surface area contributed by atoms with E-state index in [-0.39, 0.29) is 53.9 Å². The monoisotopic (exact) mass is 657 g/mol. The molecule has 3 fully saturated rings. The van der Waals surface area contributed by atoms with E-state index in [4.69, 9.17) is 14.2 Å². The highest BCUT2D eigenvalue weighted by Gasteiger charge is 2.49. The van der Waals surface area contributed by atoms with Crippen molar-refractivity contribution >= 4 is 27.5 Å². The van der Waals surface area contributed by atoms with Crippen LogP contribution in [0.25, 0.3) is 32.9 Å². The molecule has 0 radical (unpaired) electrons. The van der Waals surface area contributed by atoms with E-state index in [2.05, 4.69) is 29.9 Å². The van der Waals surface area contributed by atoms with E-state index in [0.29, 0.717) is 71.7 Å². The lowest BCUT2D eigenvalue weighted by Crippen LogP contribution is -2.43. The number of aryl methyl sites for hydroxylation is 2. The van der Waals surface area contributed by atoms with E-state index in [0.717, 1.165) is 32.2 Å². The number of nitrogens with zero attached hydrogens (tertiary/aromatic N) is 7. The normalized spacial score (nSPS) is 24.1. The van der Waals surface area contributed by atoms with E-state index < -0.39 is 23.3 Å². The summed E-state index contributed by atoms with van der Waals surface area (Å²) in [6, 6.07) is 5.82. The molecule has 5 aromatic rings. The molecule has 48 heavy (non-hydrogen) atoms. The second-order valence-corrected chi connectivity index (χ2v) is 13.8. The number of anilines is 1. The molecule has 13 heteroatoms. The van der Waals surface area contributed by atoms with Crippen molar-refractivity contribution in [2.24, 2.45) is 5.92 Å². The third-order valence-corrected chi connectivity index (χ3v) is 10.7. The van der Waals surface area contributed by atoms with E-state index in [1.54, 1.807) is 12.3 Å². The van der Waals surface area contributed by atoms with Crippen LogP contribution in [-0.2, 0) is 19.3 Å². The molecule has 3 saturated heterocycles. The van der Waals surface area contributed by atoms with Gasteiger partial charge in [0.1, 0.15) is 41.4 Å². The first-order valence-electron chi connectivity index (χ1n) is 16.7. The first-order valence-corrected chi connectivity index (χ1v) is 16.7. The lowest BCUT2D eigenvalue weighted by Gasteiger charge is -2.34. The molecule has 3 aromatic heterocycles. The largest absolute Gasteiger partial charge is 0.508 e. The van der Waals surface area contributed by atoms with Gasteiger partial charge in [0.15, 0.2) is 11.6 Å². The van der Waals surface area contributed by atoms with Gasteiger partial charge in [-0.05, 0) is 79.1 Å². The number of alkyl halides is 1. The van der Waals surface area contributed by atoms with Crippen molar-refractivity contribution in [3.8, 4) is 23.0 Å². The molecule has 0 amide bonds. The first-order chi connectivity index (χ1) is 23.3. The van der Waals surface area contributed by atoms with Crippen LogP contribution in [-0.4, -0.2) is 79.6 Å². The lowest BCUT2D eigenvalue weighted by atomic mass is 9.93. The van der Waals surface area contributed by atoms with Crippen molar-refractivity contribution in [3.63, 3.8) is 0 Å². The van der Waals surface area contributed by atoms with Crippen LogP contribution in [0.3, 0.4) is 0 Å². The number of piperidine rings is 1. The van der Waals surface area contributed by atoms with E-state index >= 15 is 8.78 Å². The van der Waals surface area contributed by atoms with Crippen LogP contribution in [0.15, 0.2) is 35.0 Å². The zero-order chi connectivity index (χ0) is 32.6. The number of hydrogen-bond donors (Lipinski definition) is 1. The highest BCUT2D eigenvalue weighted by Crippen LogP contribution is 2.42. The van der Waals surface area contributed by atoms with Gasteiger partial charge in [-0.25, -0.2) is 13.2 Å². The summed E-state index contributed by atoms with van der Waals surface area (Å²) in [5.74, 6) is 0.339. The van der Waals surface area contributed by atoms with Crippen molar-refractivity contribution in [1.82, 2.24) is 30.0 Å². The predicted octanol–water partition coefficient (Wildman–Crippen LogP) is 5.72. The second-order valence-electron chi connectivity index (χ2n) is 13.8. The number of hydrogen-bond acceptors (Lipinski definition) is 10. The molecule has 10 nitrogen and oxygen atoms in total. The molecule has 1 unspecified atom stereocenters. The number of fused-ring (bicyclic) bond motifs is 3.